The Labute approximate surface area is 73.6 Å². The smallest absolute Gasteiger partial charge is 0.303 e. The molecule has 0 fully saturated rings. The zero-order valence-electron chi connectivity index (χ0n) is 7.96. The van der Waals surface area contributed by atoms with E-state index in [9.17, 15) is 4.79 Å². The van der Waals surface area contributed by atoms with Crippen LogP contribution in [0.3, 0.4) is 0 Å². The van der Waals surface area contributed by atoms with E-state index in [1.807, 2.05) is 6.92 Å². The molecule has 1 rings (SSSR count). The van der Waals surface area contributed by atoms with Crippen molar-refractivity contribution in [2.24, 2.45) is 5.92 Å². The molecule has 68 valence electrons. The van der Waals surface area contributed by atoms with Gasteiger partial charge in [0.15, 0.2) is 0 Å². The van der Waals surface area contributed by atoms with Crippen LogP contribution >= 0.6 is 0 Å². The van der Waals surface area contributed by atoms with Crippen LogP contribution in [0.1, 0.15) is 33.6 Å². The van der Waals surface area contributed by atoms with E-state index in [0.717, 1.165) is 18.8 Å². The summed E-state index contributed by atoms with van der Waals surface area (Å²) in [5.74, 6) is 0.529. The van der Waals surface area contributed by atoms with E-state index >= 15 is 0 Å². The third-order valence-electron chi connectivity index (χ3n) is 2.23. The van der Waals surface area contributed by atoms with Crippen LogP contribution in [0, 0.1) is 5.92 Å². The summed E-state index contributed by atoms with van der Waals surface area (Å²) in [6.45, 7) is 5.60. The van der Waals surface area contributed by atoms with Crippen molar-refractivity contribution in [3.63, 3.8) is 0 Å². The number of esters is 1. The Morgan fingerprint density at radius 2 is 2.42 bits per heavy atom. The Balaban J connectivity index is 2.43. The Bertz CT molecular complexity index is 206. The van der Waals surface area contributed by atoms with Gasteiger partial charge in [0.1, 0.15) is 6.10 Å². The summed E-state index contributed by atoms with van der Waals surface area (Å²) in [6.07, 6.45) is 4.38. The molecule has 0 saturated heterocycles. The molecule has 2 heteroatoms. The summed E-state index contributed by atoms with van der Waals surface area (Å²) in [6, 6.07) is 0. The predicted octanol–water partition coefficient (Wildman–Crippen LogP) is 2.29. The lowest BCUT2D eigenvalue weighted by molar-refractivity contribution is -0.143. The van der Waals surface area contributed by atoms with Crippen molar-refractivity contribution in [3.05, 3.63) is 11.6 Å². The standard InChI is InChI=1S/C10H16O2/c1-7-4-5-10(6-7)8(2)12-9(3)11/h5,7-8H,4,6H2,1-3H3/t7?,8-/m1/s1. The van der Waals surface area contributed by atoms with Crippen molar-refractivity contribution in [2.45, 2.75) is 39.7 Å². The molecule has 0 bridgehead atoms. The highest BCUT2D eigenvalue weighted by molar-refractivity contribution is 5.66. The lowest BCUT2D eigenvalue weighted by atomic mass is 10.1. The zero-order valence-corrected chi connectivity index (χ0v) is 7.96. The fourth-order valence-electron chi connectivity index (χ4n) is 1.58. The Morgan fingerprint density at radius 3 is 2.83 bits per heavy atom. The zero-order chi connectivity index (χ0) is 9.14. The van der Waals surface area contributed by atoms with Crippen LogP contribution in [0.15, 0.2) is 11.6 Å². The van der Waals surface area contributed by atoms with Crippen LogP contribution in [0.2, 0.25) is 0 Å². The average molecular weight is 168 g/mol. The first-order valence-electron chi connectivity index (χ1n) is 4.45. The van der Waals surface area contributed by atoms with E-state index in [-0.39, 0.29) is 12.1 Å². The first-order chi connectivity index (χ1) is 5.59. The quantitative estimate of drug-likeness (QED) is 0.467. The van der Waals surface area contributed by atoms with E-state index in [4.69, 9.17) is 4.74 Å². The highest BCUT2D eigenvalue weighted by Gasteiger charge is 2.19. The van der Waals surface area contributed by atoms with E-state index in [2.05, 4.69) is 13.0 Å². The molecule has 0 radical (unpaired) electrons. The van der Waals surface area contributed by atoms with Crippen molar-refractivity contribution >= 4 is 5.97 Å². The van der Waals surface area contributed by atoms with Gasteiger partial charge >= 0.3 is 5.97 Å². The summed E-state index contributed by atoms with van der Waals surface area (Å²) < 4.78 is 5.08. The fourth-order valence-corrected chi connectivity index (χ4v) is 1.58. The monoisotopic (exact) mass is 168 g/mol. The summed E-state index contributed by atoms with van der Waals surface area (Å²) in [5.41, 5.74) is 1.28. The molecular weight excluding hydrogens is 152 g/mol. The van der Waals surface area contributed by atoms with Crippen LogP contribution in [-0.4, -0.2) is 12.1 Å². The molecule has 0 heterocycles. The van der Waals surface area contributed by atoms with Gasteiger partial charge in [-0.15, -0.1) is 0 Å². The largest absolute Gasteiger partial charge is 0.458 e. The SMILES string of the molecule is CC(=O)O[C@H](C)C1=CCC(C)C1. The third kappa shape index (κ3) is 2.36. The van der Waals surface area contributed by atoms with Crippen molar-refractivity contribution < 1.29 is 9.53 Å². The van der Waals surface area contributed by atoms with Gasteiger partial charge in [0.25, 0.3) is 0 Å². The number of carbonyl (C=O) groups excluding carboxylic acids is 1. The summed E-state index contributed by atoms with van der Waals surface area (Å²) in [4.78, 5) is 10.6. The van der Waals surface area contributed by atoms with Gasteiger partial charge in [-0.1, -0.05) is 13.0 Å². The van der Waals surface area contributed by atoms with E-state index < -0.39 is 0 Å². The molecule has 2 atom stereocenters. The molecule has 0 N–H and O–H groups in total. The van der Waals surface area contributed by atoms with Crippen molar-refractivity contribution in [2.75, 3.05) is 0 Å². The highest BCUT2D eigenvalue weighted by atomic mass is 16.5. The number of hydrogen-bond donors (Lipinski definition) is 0. The van der Waals surface area contributed by atoms with Gasteiger partial charge in [-0.25, -0.2) is 0 Å². The Kier molecular flexibility index (Phi) is 2.90. The minimum absolute atomic E-state index is 0.0209. The van der Waals surface area contributed by atoms with Crippen molar-refractivity contribution in [1.29, 1.82) is 0 Å². The molecule has 1 unspecified atom stereocenters. The van der Waals surface area contributed by atoms with E-state index in [1.54, 1.807) is 0 Å². The maximum absolute atomic E-state index is 10.6. The molecule has 2 nitrogen and oxygen atoms in total. The van der Waals surface area contributed by atoms with Gasteiger partial charge in [-0.2, -0.15) is 0 Å². The number of carbonyl (C=O) groups is 1. The predicted molar refractivity (Wildman–Crippen MR) is 47.7 cm³/mol. The van der Waals surface area contributed by atoms with E-state index in [0.29, 0.717) is 0 Å². The third-order valence-corrected chi connectivity index (χ3v) is 2.23. The van der Waals surface area contributed by atoms with Crippen molar-refractivity contribution in [1.82, 2.24) is 0 Å². The second kappa shape index (κ2) is 3.74. The summed E-state index contributed by atoms with van der Waals surface area (Å²) in [7, 11) is 0. The number of hydrogen-bond acceptors (Lipinski definition) is 2. The molecular formula is C10H16O2. The second-order valence-corrected chi connectivity index (χ2v) is 3.58. The Morgan fingerprint density at radius 1 is 1.75 bits per heavy atom. The molecule has 1 aliphatic carbocycles. The number of allylic oxidation sites excluding steroid dienone is 1. The fraction of sp³-hybridized carbons (Fsp3) is 0.700. The first-order valence-corrected chi connectivity index (χ1v) is 4.45. The maximum Gasteiger partial charge on any atom is 0.303 e. The lowest BCUT2D eigenvalue weighted by Crippen LogP contribution is -2.14. The first kappa shape index (κ1) is 9.30. The molecule has 0 saturated carbocycles. The normalized spacial score (nSPS) is 24.9. The number of ether oxygens (including phenoxy) is 1. The van der Waals surface area contributed by atoms with Crippen molar-refractivity contribution in [3.8, 4) is 0 Å². The van der Waals surface area contributed by atoms with Crippen LogP contribution < -0.4 is 0 Å². The minimum atomic E-state index is -0.192. The Hall–Kier alpha value is -0.790. The van der Waals surface area contributed by atoms with Gasteiger partial charge in [0.05, 0.1) is 0 Å². The minimum Gasteiger partial charge on any atom is -0.458 e. The number of rotatable bonds is 2. The molecule has 0 aromatic heterocycles. The van der Waals surface area contributed by atoms with Crippen LogP contribution in [-0.2, 0) is 9.53 Å². The molecule has 0 amide bonds. The van der Waals surface area contributed by atoms with Gasteiger partial charge in [-0.05, 0) is 31.3 Å². The molecule has 0 aliphatic heterocycles. The molecule has 12 heavy (non-hydrogen) atoms. The van der Waals surface area contributed by atoms with Gasteiger partial charge in [0.2, 0.25) is 0 Å². The van der Waals surface area contributed by atoms with Gasteiger partial charge < -0.3 is 4.74 Å². The molecule has 1 aliphatic rings. The molecule has 0 aromatic carbocycles. The topological polar surface area (TPSA) is 26.3 Å². The summed E-state index contributed by atoms with van der Waals surface area (Å²) >= 11 is 0. The molecule has 0 spiro atoms. The second-order valence-electron chi connectivity index (χ2n) is 3.58. The van der Waals surface area contributed by atoms with Gasteiger partial charge in [-0.3, -0.25) is 4.79 Å². The van der Waals surface area contributed by atoms with Crippen LogP contribution in [0.5, 0.6) is 0 Å². The highest BCUT2D eigenvalue weighted by Crippen LogP contribution is 2.27. The maximum atomic E-state index is 10.6. The average Bonchev–Trinajstić information content (AvgIpc) is 2.34. The van der Waals surface area contributed by atoms with Gasteiger partial charge in [0, 0.05) is 6.92 Å². The summed E-state index contributed by atoms with van der Waals surface area (Å²) in [5, 5.41) is 0. The lowest BCUT2D eigenvalue weighted by Gasteiger charge is -2.13. The van der Waals surface area contributed by atoms with E-state index in [1.165, 1.54) is 12.5 Å². The molecule has 0 aromatic rings. The van der Waals surface area contributed by atoms with Crippen LogP contribution in [0.4, 0.5) is 0 Å². The van der Waals surface area contributed by atoms with Crippen LogP contribution in [0.25, 0.3) is 0 Å².